The van der Waals surface area contributed by atoms with Crippen LogP contribution in [0.15, 0.2) is 77.1 Å². The van der Waals surface area contributed by atoms with Gasteiger partial charge in [-0.15, -0.1) is 11.3 Å². The molecule has 2 aromatic heterocycles. The lowest BCUT2D eigenvalue weighted by atomic mass is 10.0. The maximum atomic E-state index is 13.2. The van der Waals surface area contributed by atoms with Crippen molar-refractivity contribution in [2.75, 3.05) is 38.2 Å². The van der Waals surface area contributed by atoms with Crippen LogP contribution in [0.2, 0.25) is 0 Å². The molecule has 0 fully saturated rings. The number of carbonyl (C=O) groups excluding carboxylic acids is 2. The normalized spacial score (nSPS) is 14.6. The Balaban J connectivity index is 1.38. The van der Waals surface area contributed by atoms with E-state index in [4.69, 9.17) is 15.2 Å². The topological polar surface area (TPSA) is 122 Å². The summed E-state index contributed by atoms with van der Waals surface area (Å²) in [5.41, 5.74) is 8.93. The molecule has 2 aliphatic rings. The number of amides is 3. The quantitative estimate of drug-likeness (QED) is 0.455. The number of rotatable bonds is 9. The molecule has 10 nitrogen and oxygen atoms in total. The van der Waals surface area contributed by atoms with Gasteiger partial charge in [-0.05, 0) is 44.1 Å². The van der Waals surface area contributed by atoms with Crippen LogP contribution in [0.4, 0.5) is 16.2 Å². The molecule has 194 valence electrons. The number of hydrogen-bond donors (Lipinski definition) is 3. The third kappa shape index (κ3) is 7.21. The summed E-state index contributed by atoms with van der Waals surface area (Å²) in [6, 6.07) is 3.06. The summed E-state index contributed by atoms with van der Waals surface area (Å²) in [5.74, 6) is 0.433. The van der Waals surface area contributed by atoms with E-state index in [1.165, 1.54) is 23.9 Å². The van der Waals surface area contributed by atoms with Crippen LogP contribution in [0.5, 0.6) is 0 Å². The van der Waals surface area contributed by atoms with E-state index in [1.54, 1.807) is 34.0 Å². The van der Waals surface area contributed by atoms with Gasteiger partial charge in [0.05, 0.1) is 11.4 Å². The van der Waals surface area contributed by atoms with Crippen molar-refractivity contribution in [3.8, 4) is 0 Å². The van der Waals surface area contributed by atoms with Gasteiger partial charge >= 0.3 is 6.03 Å². The van der Waals surface area contributed by atoms with Gasteiger partial charge < -0.3 is 30.3 Å². The second-order valence-corrected chi connectivity index (χ2v) is 9.51. The van der Waals surface area contributed by atoms with Crippen LogP contribution in [0.3, 0.4) is 0 Å². The van der Waals surface area contributed by atoms with Crippen molar-refractivity contribution in [2.24, 2.45) is 0 Å². The smallest absolute Gasteiger partial charge is 0.324 e. The van der Waals surface area contributed by atoms with Gasteiger partial charge in [-0.2, -0.15) is 0 Å². The van der Waals surface area contributed by atoms with Gasteiger partial charge in [0.25, 0.3) is 5.91 Å². The molecule has 0 saturated carbocycles. The zero-order valence-electron chi connectivity index (χ0n) is 20.8. The van der Waals surface area contributed by atoms with Crippen molar-refractivity contribution in [3.63, 3.8) is 0 Å². The summed E-state index contributed by atoms with van der Waals surface area (Å²) in [4.78, 5) is 33.6. The fourth-order valence-electron chi connectivity index (χ4n) is 3.55. The molecule has 3 amide bonds. The Kier molecular flexibility index (Phi) is 8.60. The lowest BCUT2D eigenvalue weighted by molar-refractivity contribution is 0.102. The number of carbonyl (C=O) groups is 2. The van der Waals surface area contributed by atoms with E-state index >= 15 is 0 Å². The first-order valence-electron chi connectivity index (χ1n) is 11.8. The summed E-state index contributed by atoms with van der Waals surface area (Å²) in [7, 11) is 3.88. The summed E-state index contributed by atoms with van der Waals surface area (Å²) in [6.07, 6.45) is 12.3. The van der Waals surface area contributed by atoms with Crippen molar-refractivity contribution in [2.45, 2.75) is 19.4 Å². The fourth-order valence-corrected chi connectivity index (χ4v) is 4.23. The van der Waals surface area contributed by atoms with E-state index in [1.807, 2.05) is 31.1 Å². The molecule has 0 aromatic carbocycles. The number of anilines is 2. The summed E-state index contributed by atoms with van der Waals surface area (Å²) in [5, 5.41) is 9.06. The molecule has 0 unspecified atom stereocenters. The number of thiophene rings is 1. The van der Waals surface area contributed by atoms with Crippen LogP contribution in [0.25, 0.3) is 0 Å². The molecule has 3 heterocycles. The van der Waals surface area contributed by atoms with Gasteiger partial charge in [-0.25, -0.2) is 4.79 Å². The van der Waals surface area contributed by atoms with E-state index < -0.39 is 0 Å². The van der Waals surface area contributed by atoms with Crippen LogP contribution >= 0.6 is 11.3 Å². The number of allylic oxidation sites excluding steroid dienone is 4. The third-order valence-electron chi connectivity index (χ3n) is 5.61. The number of likely N-dealkylation sites (N-methyl/N-ethyl adjacent to an activating group) is 1. The lowest BCUT2D eigenvalue weighted by Crippen LogP contribution is -2.42. The molecule has 2 aromatic rings. The highest BCUT2D eigenvalue weighted by atomic mass is 32.1. The van der Waals surface area contributed by atoms with Crippen molar-refractivity contribution in [3.05, 3.63) is 88.3 Å². The van der Waals surface area contributed by atoms with E-state index in [0.29, 0.717) is 36.8 Å². The van der Waals surface area contributed by atoms with Crippen molar-refractivity contribution in [1.82, 2.24) is 20.1 Å². The van der Waals surface area contributed by atoms with Crippen LogP contribution in [-0.2, 0) is 16.0 Å². The van der Waals surface area contributed by atoms with Gasteiger partial charge in [0.2, 0.25) is 5.88 Å². The average molecular weight is 523 g/mol. The van der Waals surface area contributed by atoms with Gasteiger partial charge in [-0.1, -0.05) is 24.3 Å². The predicted octanol–water partition coefficient (Wildman–Crippen LogP) is 4.01. The van der Waals surface area contributed by atoms with E-state index in [-0.39, 0.29) is 23.5 Å². The van der Waals surface area contributed by atoms with E-state index in [9.17, 15) is 9.59 Å². The number of urea groups is 1. The van der Waals surface area contributed by atoms with Gasteiger partial charge in [0.15, 0.2) is 12.0 Å². The van der Waals surface area contributed by atoms with E-state index in [0.717, 1.165) is 24.0 Å². The molecule has 37 heavy (non-hydrogen) atoms. The number of nitrogens with one attached hydrogen (secondary N) is 2. The Morgan fingerprint density at radius 2 is 2.03 bits per heavy atom. The molecule has 1 aliphatic carbocycles. The third-order valence-corrected chi connectivity index (χ3v) is 6.37. The zero-order valence-corrected chi connectivity index (χ0v) is 21.6. The first-order chi connectivity index (χ1) is 17.9. The van der Waals surface area contributed by atoms with Crippen LogP contribution in [0, 0.1) is 0 Å². The molecule has 0 spiro atoms. The second kappa shape index (κ2) is 12.2. The van der Waals surface area contributed by atoms with Crippen LogP contribution in [0.1, 0.15) is 28.9 Å². The highest BCUT2D eigenvalue weighted by Gasteiger charge is 2.21. The number of nitrogens with zero attached hydrogens (tertiary/aromatic N) is 3. The predicted molar refractivity (Wildman–Crippen MR) is 143 cm³/mol. The van der Waals surface area contributed by atoms with Gasteiger partial charge in [0.1, 0.15) is 12.0 Å². The molecule has 1 aliphatic heterocycles. The number of aromatic nitrogens is 1. The number of ether oxygens (including phenoxy) is 2. The van der Waals surface area contributed by atoms with Gasteiger partial charge in [-0.3, -0.25) is 15.1 Å². The molecular weight excluding hydrogens is 492 g/mol. The number of nitrogens with two attached hydrogens (primary N) is 1. The number of hydrogen-bond acceptors (Lipinski definition) is 8. The molecular formula is C26H30N6O4S. The SMILES string of the molecule is CN(C)CCN(Cc1ccc(C(=O)Nc2cscc2N)nc1)C(=O)NC1=COC=C(C2=CC=CCC2)O1. The monoisotopic (exact) mass is 522 g/mol. The molecule has 0 radical (unpaired) electrons. The summed E-state index contributed by atoms with van der Waals surface area (Å²) < 4.78 is 11.3. The minimum Gasteiger partial charge on any atom is -0.463 e. The first kappa shape index (κ1) is 26.0. The van der Waals surface area contributed by atoms with Crippen LogP contribution in [-0.4, -0.2) is 53.9 Å². The number of nitrogen functional groups attached to an aromatic ring is 1. The molecule has 0 bridgehead atoms. The first-order valence-corrected chi connectivity index (χ1v) is 12.7. The Morgan fingerprint density at radius 1 is 1.16 bits per heavy atom. The van der Waals surface area contributed by atoms with Crippen molar-refractivity contribution >= 4 is 34.6 Å². The minimum absolute atomic E-state index is 0.214. The lowest BCUT2D eigenvalue weighted by Gasteiger charge is -2.26. The molecule has 0 saturated heterocycles. The van der Waals surface area contributed by atoms with E-state index in [2.05, 4.69) is 21.7 Å². The Morgan fingerprint density at radius 3 is 2.70 bits per heavy atom. The van der Waals surface area contributed by atoms with Crippen molar-refractivity contribution in [1.29, 1.82) is 0 Å². The maximum absolute atomic E-state index is 13.2. The maximum Gasteiger partial charge on any atom is 0.324 e. The Labute approximate surface area is 219 Å². The molecule has 4 rings (SSSR count). The fraction of sp³-hybridized carbons (Fsp3) is 0.269. The highest BCUT2D eigenvalue weighted by Crippen LogP contribution is 2.26. The second-order valence-electron chi connectivity index (χ2n) is 8.76. The minimum atomic E-state index is -0.354. The average Bonchev–Trinajstić information content (AvgIpc) is 3.31. The zero-order chi connectivity index (χ0) is 26.2. The highest BCUT2D eigenvalue weighted by molar-refractivity contribution is 7.09. The summed E-state index contributed by atoms with van der Waals surface area (Å²) in [6.45, 7) is 1.41. The molecule has 11 heteroatoms. The van der Waals surface area contributed by atoms with Crippen LogP contribution < -0.4 is 16.4 Å². The number of pyridine rings is 1. The van der Waals surface area contributed by atoms with Crippen molar-refractivity contribution < 1.29 is 19.1 Å². The standard InChI is InChI=1S/C26H30N6O4S/c1-31(2)10-11-32(26(34)30-24-15-35-14-23(36-24)19-6-4-3-5-7-19)13-18-8-9-21(28-12-18)25(33)29-22-17-37-16-20(22)27/h3-4,6,8-9,12,14-17H,5,7,10-11,13,27H2,1-2H3,(H,29,33)(H,30,34). The Hall–Kier alpha value is -4.09. The molecule has 4 N–H and O–H groups in total. The molecule has 0 atom stereocenters. The Bertz CT molecular complexity index is 1250. The van der Waals surface area contributed by atoms with Gasteiger partial charge in [0, 0.05) is 36.6 Å². The largest absolute Gasteiger partial charge is 0.463 e. The summed E-state index contributed by atoms with van der Waals surface area (Å²) >= 11 is 1.41.